The molecule has 5 heteroatoms. The Hall–Kier alpha value is -3.21. The number of H-pyrrole nitrogens is 1. The van der Waals surface area contributed by atoms with E-state index in [1.165, 1.54) is 0 Å². The number of amides is 1. The number of nitrogens with zero attached hydrogens (tertiary/aromatic N) is 2. The van der Waals surface area contributed by atoms with Crippen LogP contribution >= 0.6 is 0 Å². The highest BCUT2D eigenvalue weighted by Gasteiger charge is 2.18. The minimum Gasteiger partial charge on any atom is -0.341 e. The Bertz CT molecular complexity index is 1120. The number of carbonyl (C=O) groups excluding carboxylic acids is 1. The van der Waals surface area contributed by atoms with Gasteiger partial charge in [-0.15, -0.1) is 0 Å². The van der Waals surface area contributed by atoms with Crippen LogP contribution in [0.1, 0.15) is 37.0 Å². The van der Waals surface area contributed by atoms with Crippen LogP contribution in [0.4, 0.5) is 5.69 Å². The summed E-state index contributed by atoms with van der Waals surface area (Å²) in [6.45, 7) is 6.34. The van der Waals surface area contributed by atoms with Crippen LogP contribution in [0.2, 0.25) is 0 Å². The van der Waals surface area contributed by atoms with Crippen molar-refractivity contribution >= 4 is 33.5 Å². The smallest absolute Gasteiger partial charge is 0.256 e. The summed E-state index contributed by atoms with van der Waals surface area (Å²) in [7, 11) is 0. The second-order valence-electron chi connectivity index (χ2n) is 7.40. The zero-order chi connectivity index (χ0) is 18.3. The Morgan fingerprint density at radius 2 is 1.88 bits per heavy atom. The molecule has 0 bridgehead atoms. The Balaban J connectivity index is 1.67. The molecule has 4 aromatic rings. The van der Waals surface area contributed by atoms with Crippen molar-refractivity contribution in [2.24, 2.45) is 0 Å². The number of pyridine rings is 1. The number of imidazole rings is 1. The van der Waals surface area contributed by atoms with E-state index < -0.39 is 0 Å². The highest BCUT2D eigenvalue weighted by atomic mass is 16.1. The van der Waals surface area contributed by atoms with Gasteiger partial charge in [0, 0.05) is 28.2 Å². The van der Waals surface area contributed by atoms with Crippen LogP contribution in [0.15, 0.2) is 54.7 Å². The van der Waals surface area contributed by atoms with Gasteiger partial charge in [0.15, 0.2) is 0 Å². The molecule has 0 fully saturated rings. The second kappa shape index (κ2) is 5.95. The van der Waals surface area contributed by atoms with Gasteiger partial charge in [-0.2, -0.15) is 0 Å². The van der Waals surface area contributed by atoms with Gasteiger partial charge >= 0.3 is 0 Å². The molecule has 4 rings (SSSR count). The number of carbonyl (C=O) groups is 1. The first kappa shape index (κ1) is 16.3. The molecular formula is C21H20N4O. The molecule has 26 heavy (non-hydrogen) atoms. The highest BCUT2D eigenvalue weighted by Crippen LogP contribution is 2.25. The first-order valence-corrected chi connectivity index (χ1v) is 8.57. The van der Waals surface area contributed by atoms with E-state index in [-0.39, 0.29) is 11.3 Å². The monoisotopic (exact) mass is 344 g/mol. The van der Waals surface area contributed by atoms with Crippen molar-refractivity contribution in [3.8, 4) is 0 Å². The highest BCUT2D eigenvalue weighted by molar-refractivity contribution is 6.12. The van der Waals surface area contributed by atoms with Crippen molar-refractivity contribution in [1.82, 2.24) is 15.0 Å². The number of hydrogen-bond acceptors (Lipinski definition) is 3. The van der Waals surface area contributed by atoms with Crippen LogP contribution in [0, 0.1) is 0 Å². The summed E-state index contributed by atoms with van der Waals surface area (Å²) in [5.74, 6) is 0.773. The van der Waals surface area contributed by atoms with Gasteiger partial charge in [-0.3, -0.25) is 9.78 Å². The van der Waals surface area contributed by atoms with Crippen molar-refractivity contribution in [2.45, 2.75) is 26.2 Å². The van der Waals surface area contributed by atoms with Crippen LogP contribution in [0.5, 0.6) is 0 Å². The Kier molecular flexibility index (Phi) is 3.72. The average Bonchev–Trinajstić information content (AvgIpc) is 3.05. The van der Waals surface area contributed by atoms with Crippen LogP contribution < -0.4 is 5.32 Å². The lowest BCUT2D eigenvalue weighted by Crippen LogP contribution is -2.13. The Labute approximate surface area is 151 Å². The fourth-order valence-electron chi connectivity index (χ4n) is 2.94. The second-order valence-corrected chi connectivity index (χ2v) is 7.40. The summed E-state index contributed by atoms with van der Waals surface area (Å²) in [6.07, 6.45) is 1.73. The molecule has 2 N–H and O–H groups in total. The lowest BCUT2D eigenvalue weighted by Gasteiger charge is -2.13. The average molecular weight is 344 g/mol. The molecule has 0 unspecified atom stereocenters. The molecule has 2 aromatic carbocycles. The van der Waals surface area contributed by atoms with E-state index in [0.29, 0.717) is 5.56 Å². The van der Waals surface area contributed by atoms with Gasteiger partial charge in [-0.1, -0.05) is 32.9 Å². The summed E-state index contributed by atoms with van der Waals surface area (Å²) >= 11 is 0. The van der Waals surface area contributed by atoms with Crippen LogP contribution in [0.25, 0.3) is 21.9 Å². The fraction of sp³-hybridized carbons (Fsp3) is 0.190. The van der Waals surface area contributed by atoms with Gasteiger partial charge < -0.3 is 10.3 Å². The predicted molar refractivity (Wildman–Crippen MR) is 104 cm³/mol. The molecule has 0 aliphatic rings. The molecule has 0 spiro atoms. The summed E-state index contributed by atoms with van der Waals surface area (Å²) < 4.78 is 0. The maximum Gasteiger partial charge on any atom is 0.256 e. The van der Waals surface area contributed by atoms with Gasteiger partial charge in [0.1, 0.15) is 5.82 Å². The van der Waals surface area contributed by atoms with Crippen molar-refractivity contribution in [3.63, 3.8) is 0 Å². The number of aromatic nitrogens is 3. The van der Waals surface area contributed by atoms with Crippen molar-refractivity contribution in [1.29, 1.82) is 0 Å². The number of benzene rings is 2. The zero-order valence-electron chi connectivity index (χ0n) is 15.0. The normalized spacial score (nSPS) is 11.8. The van der Waals surface area contributed by atoms with Gasteiger partial charge in [0.05, 0.1) is 16.6 Å². The number of fused-ring (bicyclic) bond motifs is 2. The lowest BCUT2D eigenvalue weighted by atomic mass is 9.96. The van der Waals surface area contributed by atoms with Crippen LogP contribution in [-0.4, -0.2) is 20.9 Å². The molecular weight excluding hydrogens is 324 g/mol. The number of rotatable bonds is 2. The van der Waals surface area contributed by atoms with E-state index in [2.05, 4.69) is 41.0 Å². The molecule has 0 atom stereocenters. The standard InChI is InChI=1S/C21H20N4O/c1-21(2,3)20-24-17-10-9-13(12-18(17)25-20)23-19(26)15-6-4-8-16-14(15)7-5-11-22-16/h4-12H,1-3H3,(H,23,26)(H,24,25). The molecule has 130 valence electrons. The van der Waals surface area contributed by atoms with Crippen molar-refractivity contribution in [3.05, 3.63) is 66.1 Å². The van der Waals surface area contributed by atoms with Crippen LogP contribution in [-0.2, 0) is 5.41 Å². The van der Waals surface area contributed by atoms with Crippen molar-refractivity contribution < 1.29 is 4.79 Å². The summed E-state index contributed by atoms with van der Waals surface area (Å²) in [4.78, 5) is 25.0. The quantitative estimate of drug-likeness (QED) is 0.555. The minimum atomic E-state index is -0.154. The van der Waals surface area contributed by atoms with E-state index in [1.54, 1.807) is 6.20 Å². The van der Waals surface area contributed by atoms with E-state index in [9.17, 15) is 4.79 Å². The minimum absolute atomic E-state index is 0.0572. The molecule has 5 nitrogen and oxygen atoms in total. The van der Waals surface area contributed by atoms with Crippen molar-refractivity contribution in [2.75, 3.05) is 5.32 Å². The third kappa shape index (κ3) is 2.92. The van der Waals surface area contributed by atoms with E-state index in [0.717, 1.165) is 33.4 Å². The third-order valence-corrected chi connectivity index (χ3v) is 4.34. The van der Waals surface area contributed by atoms with Gasteiger partial charge in [-0.25, -0.2) is 4.98 Å². The number of hydrogen-bond donors (Lipinski definition) is 2. The SMILES string of the molecule is CC(C)(C)c1nc2ccc(NC(=O)c3cccc4ncccc34)cc2[nH]1. The maximum absolute atomic E-state index is 12.8. The largest absolute Gasteiger partial charge is 0.341 e. The third-order valence-electron chi connectivity index (χ3n) is 4.34. The lowest BCUT2D eigenvalue weighted by molar-refractivity contribution is 0.102. The predicted octanol–water partition coefficient (Wildman–Crippen LogP) is 4.66. The molecule has 0 saturated heterocycles. The van der Waals surface area contributed by atoms with E-state index in [1.807, 2.05) is 48.5 Å². The number of anilines is 1. The van der Waals surface area contributed by atoms with E-state index in [4.69, 9.17) is 0 Å². The molecule has 0 saturated carbocycles. The molecule has 2 aromatic heterocycles. The summed E-state index contributed by atoms with van der Waals surface area (Å²) in [5, 5.41) is 3.81. The molecule has 0 radical (unpaired) electrons. The number of aromatic amines is 1. The maximum atomic E-state index is 12.8. The molecule has 0 aliphatic heterocycles. The molecule has 1 amide bonds. The van der Waals surface area contributed by atoms with Crippen LogP contribution in [0.3, 0.4) is 0 Å². The zero-order valence-corrected chi connectivity index (χ0v) is 15.0. The summed E-state index contributed by atoms with van der Waals surface area (Å²) in [5.41, 5.74) is 3.88. The Morgan fingerprint density at radius 1 is 1.04 bits per heavy atom. The first-order valence-electron chi connectivity index (χ1n) is 8.57. The fourth-order valence-corrected chi connectivity index (χ4v) is 2.94. The van der Waals surface area contributed by atoms with Gasteiger partial charge in [0.2, 0.25) is 0 Å². The van der Waals surface area contributed by atoms with Gasteiger partial charge in [-0.05, 0) is 36.4 Å². The Morgan fingerprint density at radius 3 is 2.69 bits per heavy atom. The summed E-state index contributed by atoms with van der Waals surface area (Å²) in [6, 6.07) is 15.0. The number of nitrogens with one attached hydrogen (secondary N) is 2. The molecule has 2 heterocycles. The molecule has 0 aliphatic carbocycles. The first-order chi connectivity index (χ1) is 12.4. The topological polar surface area (TPSA) is 70.7 Å². The van der Waals surface area contributed by atoms with Gasteiger partial charge in [0.25, 0.3) is 5.91 Å². The van der Waals surface area contributed by atoms with E-state index >= 15 is 0 Å².